The fourth-order valence-electron chi connectivity index (χ4n) is 3.95. The average molecular weight is 475 g/mol. The molecular formula is C25H28F2N2O5. The molecule has 182 valence electrons. The minimum absolute atomic E-state index is 0.0784. The van der Waals surface area contributed by atoms with Crippen LogP contribution in [0.1, 0.15) is 31.2 Å². The number of alkyl halides is 2. The van der Waals surface area contributed by atoms with Gasteiger partial charge in [0.15, 0.2) is 11.5 Å². The van der Waals surface area contributed by atoms with Crippen molar-refractivity contribution in [3.63, 3.8) is 0 Å². The van der Waals surface area contributed by atoms with Crippen LogP contribution < -0.4 is 14.2 Å². The van der Waals surface area contributed by atoms with Gasteiger partial charge in [0.1, 0.15) is 5.75 Å². The number of carbonyl (C=O) groups is 1. The molecule has 1 N–H and O–H groups in total. The lowest BCUT2D eigenvalue weighted by Crippen LogP contribution is -2.43. The Balaban J connectivity index is 1.62. The third kappa shape index (κ3) is 7.06. The maximum absolute atomic E-state index is 12.9. The third-order valence-corrected chi connectivity index (χ3v) is 5.80. The molecule has 0 bridgehead atoms. The Hall–Kier alpha value is -3.38. The second-order valence-corrected chi connectivity index (χ2v) is 8.12. The van der Waals surface area contributed by atoms with E-state index < -0.39 is 18.0 Å². The number of carboxylic acid groups (broad SMARTS) is 1. The molecule has 0 spiro atoms. The maximum Gasteiger partial charge on any atom is 0.387 e. The minimum atomic E-state index is -3.00. The molecule has 1 aliphatic heterocycles. The number of piperidine rings is 1. The van der Waals surface area contributed by atoms with Crippen molar-refractivity contribution in [1.29, 1.82) is 5.26 Å². The Kier molecular flexibility index (Phi) is 9.05. The molecule has 0 aromatic heterocycles. The number of aliphatic carboxylic acids is 1. The largest absolute Gasteiger partial charge is 0.494 e. The van der Waals surface area contributed by atoms with Gasteiger partial charge in [-0.1, -0.05) is 24.3 Å². The number of hydrogen-bond donors (Lipinski definition) is 1. The molecular weight excluding hydrogens is 446 g/mol. The van der Waals surface area contributed by atoms with E-state index in [1.807, 2.05) is 30.3 Å². The second kappa shape index (κ2) is 12.2. The molecule has 3 rings (SSSR count). The number of hydrogen-bond acceptors (Lipinski definition) is 6. The summed E-state index contributed by atoms with van der Waals surface area (Å²) in [5.74, 6) is -0.0668. The van der Waals surface area contributed by atoms with E-state index in [0.717, 1.165) is 5.75 Å². The summed E-state index contributed by atoms with van der Waals surface area (Å²) in [6, 6.07) is 16.4. The number of benzene rings is 2. The van der Waals surface area contributed by atoms with E-state index in [1.54, 1.807) is 17.0 Å². The molecule has 34 heavy (non-hydrogen) atoms. The van der Waals surface area contributed by atoms with Gasteiger partial charge in [0.05, 0.1) is 31.2 Å². The fourth-order valence-corrected chi connectivity index (χ4v) is 3.95. The first-order valence-corrected chi connectivity index (χ1v) is 11.2. The molecule has 0 unspecified atom stereocenters. The summed E-state index contributed by atoms with van der Waals surface area (Å²) in [6.07, 6.45) is 2.21. The Morgan fingerprint density at radius 2 is 1.74 bits per heavy atom. The van der Waals surface area contributed by atoms with Crippen molar-refractivity contribution in [2.45, 2.75) is 37.7 Å². The number of halogens is 2. The standard InChI is InChI=1S/C25H28F2N2O5/c26-24(27)34-21-9-8-19(25(18-28)10-12-29(13-11-25)17-23(30)31)16-22(21)33-15-5-4-14-32-20-6-2-1-3-7-20/h1-3,6-9,16,24H,4-5,10-15,17H2,(H,30,31). The van der Waals surface area contributed by atoms with Crippen LogP contribution in [0.25, 0.3) is 0 Å². The van der Waals surface area contributed by atoms with Crippen molar-refractivity contribution >= 4 is 5.97 Å². The first-order valence-electron chi connectivity index (χ1n) is 11.2. The van der Waals surface area contributed by atoms with E-state index in [1.165, 1.54) is 6.07 Å². The zero-order valence-corrected chi connectivity index (χ0v) is 18.8. The number of nitriles is 1. The smallest absolute Gasteiger partial charge is 0.387 e. The predicted octanol–water partition coefficient (Wildman–Crippen LogP) is 4.47. The summed E-state index contributed by atoms with van der Waals surface area (Å²) >= 11 is 0. The van der Waals surface area contributed by atoms with E-state index >= 15 is 0 Å². The summed E-state index contributed by atoms with van der Waals surface area (Å²) in [7, 11) is 0. The maximum atomic E-state index is 12.9. The number of nitrogens with zero attached hydrogens (tertiary/aromatic N) is 2. The van der Waals surface area contributed by atoms with Gasteiger partial charge in [0.25, 0.3) is 0 Å². The van der Waals surface area contributed by atoms with Gasteiger partial charge in [0.2, 0.25) is 0 Å². The van der Waals surface area contributed by atoms with Crippen molar-refractivity contribution < 1.29 is 32.9 Å². The van der Waals surface area contributed by atoms with Gasteiger partial charge in [0, 0.05) is 13.1 Å². The van der Waals surface area contributed by atoms with Gasteiger partial charge < -0.3 is 19.3 Å². The van der Waals surface area contributed by atoms with Crippen LogP contribution in [-0.4, -0.2) is 55.4 Å². The van der Waals surface area contributed by atoms with Gasteiger partial charge in [-0.05, 0) is 55.5 Å². The summed E-state index contributed by atoms with van der Waals surface area (Å²) in [6.45, 7) is -1.41. The van der Waals surface area contributed by atoms with Crippen molar-refractivity contribution in [1.82, 2.24) is 4.90 Å². The highest BCUT2D eigenvalue weighted by Gasteiger charge is 2.37. The van der Waals surface area contributed by atoms with Crippen LogP contribution in [0.2, 0.25) is 0 Å². The van der Waals surface area contributed by atoms with Gasteiger partial charge in [-0.15, -0.1) is 0 Å². The zero-order chi connectivity index (χ0) is 24.4. The first kappa shape index (κ1) is 25.2. The highest BCUT2D eigenvalue weighted by atomic mass is 19.3. The molecule has 1 aliphatic rings. The van der Waals surface area contributed by atoms with E-state index in [4.69, 9.17) is 14.6 Å². The molecule has 0 amide bonds. The zero-order valence-electron chi connectivity index (χ0n) is 18.8. The molecule has 2 aromatic rings. The Morgan fingerprint density at radius 1 is 1.06 bits per heavy atom. The molecule has 9 heteroatoms. The van der Waals surface area contributed by atoms with E-state index in [-0.39, 0.29) is 24.7 Å². The highest BCUT2D eigenvalue weighted by molar-refractivity contribution is 5.69. The normalized spacial score (nSPS) is 15.5. The van der Waals surface area contributed by atoms with Crippen molar-refractivity contribution in [3.05, 3.63) is 54.1 Å². The number of para-hydroxylation sites is 1. The molecule has 0 saturated carbocycles. The monoisotopic (exact) mass is 474 g/mol. The lowest BCUT2D eigenvalue weighted by atomic mass is 9.74. The summed E-state index contributed by atoms with van der Waals surface area (Å²) < 4.78 is 41.8. The van der Waals surface area contributed by atoms with Crippen LogP contribution in [0, 0.1) is 11.3 Å². The Morgan fingerprint density at radius 3 is 2.35 bits per heavy atom. The molecule has 0 aliphatic carbocycles. The summed E-state index contributed by atoms with van der Waals surface area (Å²) in [4.78, 5) is 12.7. The highest BCUT2D eigenvalue weighted by Crippen LogP contribution is 2.40. The number of likely N-dealkylation sites (tertiary alicyclic amines) is 1. The predicted molar refractivity (Wildman–Crippen MR) is 120 cm³/mol. The minimum Gasteiger partial charge on any atom is -0.494 e. The lowest BCUT2D eigenvalue weighted by molar-refractivity contribution is -0.138. The van der Waals surface area contributed by atoms with Crippen LogP contribution in [0.5, 0.6) is 17.2 Å². The van der Waals surface area contributed by atoms with Crippen LogP contribution in [0.4, 0.5) is 8.78 Å². The van der Waals surface area contributed by atoms with Gasteiger partial charge in [-0.25, -0.2) is 0 Å². The number of ether oxygens (including phenoxy) is 3. The average Bonchev–Trinajstić information content (AvgIpc) is 2.83. The summed E-state index contributed by atoms with van der Waals surface area (Å²) in [5.41, 5.74) is -0.200. The SMILES string of the molecule is N#CC1(c2ccc(OC(F)F)c(OCCCCOc3ccccc3)c2)CCN(CC(=O)O)CC1. The first-order chi connectivity index (χ1) is 16.4. The third-order valence-electron chi connectivity index (χ3n) is 5.80. The second-order valence-electron chi connectivity index (χ2n) is 8.12. The molecule has 2 aromatic carbocycles. The molecule has 0 radical (unpaired) electrons. The van der Waals surface area contributed by atoms with Crippen LogP contribution in [0.3, 0.4) is 0 Å². The Labute approximate surface area is 197 Å². The molecule has 1 fully saturated rings. The van der Waals surface area contributed by atoms with Crippen LogP contribution in [0.15, 0.2) is 48.5 Å². The summed E-state index contributed by atoms with van der Waals surface area (Å²) in [5, 5.41) is 18.9. The van der Waals surface area contributed by atoms with Gasteiger partial charge >= 0.3 is 12.6 Å². The Bertz CT molecular complexity index is 973. The van der Waals surface area contributed by atoms with Crippen LogP contribution in [-0.2, 0) is 10.2 Å². The van der Waals surface area contributed by atoms with Gasteiger partial charge in [-0.2, -0.15) is 14.0 Å². The topological polar surface area (TPSA) is 92.0 Å². The lowest BCUT2D eigenvalue weighted by Gasteiger charge is -2.37. The molecule has 7 nitrogen and oxygen atoms in total. The fraction of sp³-hybridized carbons (Fsp3) is 0.440. The number of rotatable bonds is 12. The van der Waals surface area contributed by atoms with E-state index in [9.17, 15) is 18.8 Å². The van der Waals surface area contributed by atoms with E-state index in [2.05, 4.69) is 10.8 Å². The number of carboxylic acids is 1. The van der Waals surface area contributed by atoms with E-state index in [0.29, 0.717) is 50.9 Å². The quantitative estimate of drug-likeness (QED) is 0.454. The number of unbranched alkanes of at least 4 members (excludes halogenated alkanes) is 1. The van der Waals surface area contributed by atoms with Crippen molar-refractivity contribution in [2.24, 2.45) is 0 Å². The van der Waals surface area contributed by atoms with Crippen LogP contribution >= 0.6 is 0 Å². The molecule has 1 saturated heterocycles. The van der Waals surface area contributed by atoms with Gasteiger partial charge in [-0.3, -0.25) is 9.69 Å². The van der Waals surface area contributed by atoms with Crippen molar-refractivity contribution in [3.8, 4) is 23.3 Å². The van der Waals surface area contributed by atoms with Crippen molar-refractivity contribution in [2.75, 3.05) is 32.8 Å². The molecule has 0 atom stereocenters. The molecule has 1 heterocycles.